The Morgan fingerprint density at radius 2 is 1.53 bits per heavy atom. The molecule has 192 valence electrons. The molecule has 2 atom stereocenters. The van der Waals surface area contributed by atoms with Gasteiger partial charge < -0.3 is 19.4 Å². The molecule has 0 spiro atoms. The van der Waals surface area contributed by atoms with Crippen molar-refractivity contribution in [3.8, 4) is 5.75 Å². The van der Waals surface area contributed by atoms with E-state index in [0.717, 1.165) is 10.0 Å². The third-order valence-electron chi connectivity index (χ3n) is 7.63. The first-order valence-electron chi connectivity index (χ1n) is 12.5. The van der Waals surface area contributed by atoms with E-state index in [-0.39, 0.29) is 35.6 Å². The van der Waals surface area contributed by atoms with Crippen LogP contribution in [0.5, 0.6) is 5.75 Å². The van der Waals surface area contributed by atoms with Crippen molar-refractivity contribution in [2.45, 2.75) is 38.1 Å². The first kappa shape index (κ1) is 26.2. The van der Waals surface area contributed by atoms with E-state index in [9.17, 15) is 14.4 Å². The van der Waals surface area contributed by atoms with Gasteiger partial charge in [-0.25, -0.2) is 0 Å². The summed E-state index contributed by atoms with van der Waals surface area (Å²) < 4.78 is 6.22. The lowest BCUT2D eigenvalue weighted by atomic mass is 9.83. The number of piperidine rings is 2. The average Bonchev–Trinajstić information content (AvgIpc) is 2.92. The molecule has 0 saturated carbocycles. The molecule has 36 heavy (non-hydrogen) atoms. The predicted octanol–water partition coefficient (Wildman–Crippen LogP) is 4.17. The Labute approximate surface area is 221 Å². The summed E-state index contributed by atoms with van der Waals surface area (Å²) in [7, 11) is 3.46. The van der Waals surface area contributed by atoms with E-state index >= 15 is 0 Å². The molecular weight excluding hydrogens is 522 g/mol. The van der Waals surface area contributed by atoms with Crippen LogP contribution in [0.4, 0.5) is 0 Å². The number of benzene rings is 2. The lowest BCUT2D eigenvalue weighted by Crippen LogP contribution is -2.53. The van der Waals surface area contributed by atoms with E-state index in [1.165, 1.54) is 0 Å². The van der Waals surface area contributed by atoms with Gasteiger partial charge >= 0.3 is 0 Å². The molecule has 8 heteroatoms. The Balaban J connectivity index is 1.52. The molecule has 2 aliphatic rings. The van der Waals surface area contributed by atoms with Crippen LogP contribution in [-0.4, -0.2) is 78.8 Å². The highest BCUT2D eigenvalue weighted by molar-refractivity contribution is 9.10. The Kier molecular flexibility index (Phi) is 8.34. The summed E-state index contributed by atoms with van der Waals surface area (Å²) in [6, 6.07) is 15.3. The topological polar surface area (TPSA) is 70.2 Å². The Hall–Kier alpha value is -2.87. The maximum Gasteiger partial charge on any atom is 0.253 e. The quantitative estimate of drug-likeness (QED) is 0.555. The summed E-state index contributed by atoms with van der Waals surface area (Å²) in [6.07, 6.45) is 2.12. The predicted molar refractivity (Wildman–Crippen MR) is 142 cm³/mol. The number of likely N-dealkylation sites (N-methyl/N-ethyl adjacent to an activating group) is 1. The van der Waals surface area contributed by atoms with Gasteiger partial charge in [0.25, 0.3) is 5.91 Å². The summed E-state index contributed by atoms with van der Waals surface area (Å²) in [5.41, 5.74) is 1.73. The molecule has 2 aromatic rings. The van der Waals surface area contributed by atoms with Gasteiger partial charge in [0.15, 0.2) is 0 Å². The number of nitrogens with zero attached hydrogens (tertiary/aromatic N) is 3. The maximum absolute atomic E-state index is 13.5. The van der Waals surface area contributed by atoms with Crippen LogP contribution in [0.1, 0.15) is 48.0 Å². The third-order valence-corrected chi connectivity index (χ3v) is 8.16. The fourth-order valence-electron chi connectivity index (χ4n) is 5.43. The van der Waals surface area contributed by atoms with Gasteiger partial charge in [-0.2, -0.15) is 0 Å². The van der Waals surface area contributed by atoms with Gasteiger partial charge in [0, 0.05) is 68.1 Å². The van der Waals surface area contributed by atoms with E-state index in [2.05, 4.69) is 28.1 Å². The molecule has 2 saturated heterocycles. The van der Waals surface area contributed by atoms with Gasteiger partial charge in [0.1, 0.15) is 5.75 Å². The second-order valence-electron chi connectivity index (χ2n) is 9.72. The molecular formula is C28H34BrN3O4. The standard InChI is InChI=1S/C28H34BrN3O4/c1-19(33)31-15-12-22(13-16-31)28(35)32-17-14-26(25(18-32)20-4-8-23(29)9-5-20)30(2)27(34)21-6-10-24(36-3)11-7-21/h4-11,22,25-26H,12-18H2,1-3H3/t25-,26+/m0/s1. The molecule has 2 heterocycles. The summed E-state index contributed by atoms with van der Waals surface area (Å²) in [5, 5.41) is 0. The van der Waals surface area contributed by atoms with E-state index in [0.29, 0.717) is 56.8 Å². The van der Waals surface area contributed by atoms with Gasteiger partial charge in [-0.15, -0.1) is 0 Å². The zero-order valence-corrected chi connectivity index (χ0v) is 22.7. The van der Waals surface area contributed by atoms with Crippen LogP contribution in [-0.2, 0) is 9.59 Å². The Morgan fingerprint density at radius 1 is 0.917 bits per heavy atom. The monoisotopic (exact) mass is 555 g/mol. The van der Waals surface area contributed by atoms with Crippen LogP contribution in [0.2, 0.25) is 0 Å². The van der Waals surface area contributed by atoms with Gasteiger partial charge in [-0.1, -0.05) is 28.1 Å². The maximum atomic E-state index is 13.5. The summed E-state index contributed by atoms with van der Waals surface area (Å²) in [4.78, 5) is 44.2. The number of hydrogen-bond donors (Lipinski definition) is 0. The van der Waals surface area contributed by atoms with Crippen molar-refractivity contribution in [1.29, 1.82) is 0 Å². The normalized spacial score (nSPS) is 20.7. The van der Waals surface area contributed by atoms with Gasteiger partial charge in [-0.3, -0.25) is 14.4 Å². The molecule has 7 nitrogen and oxygen atoms in total. The number of ether oxygens (including phenoxy) is 1. The lowest BCUT2D eigenvalue weighted by molar-refractivity contribution is -0.141. The van der Waals surface area contributed by atoms with Crippen molar-refractivity contribution in [3.63, 3.8) is 0 Å². The number of likely N-dealkylation sites (tertiary alicyclic amines) is 2. The SMILES string of the molecule is COc1ccc(C(=O)N(C)[C@@H]2CCN(C(=O)C3CCN(C(C)=O)CC3)C[C@H]2c2ccc(Br)cc2)cc1. The number of halogens is 1. The fourth-order valence-corrected chi connectivity index (χ4v) is 5.69. The second-order valence-corrected chi connectivity index (χ2v) is 10.6. The number of amides is 3. The first-order chi connectivity index (χ1) is 17.3. The van der Waals surface area contributed by atoms with Crippen LogP contribution >= 0.6 is 15.9 Å². The summed E-state index contributed by atoms with van der Waals surface area (Å²) >= 11 is 3.51. The summed E-state index contributed by atoms with van der Waals surface area (Å²) in [5.74, 6) is 0.857. The average molecular weight is 557 g/mol. The number of carbonyl (C=O) groups excluding carboxylic acids is 3. The number of rotatable bonds is 5. The van der Waals surface area contributed by atoms with Crippen molar-refractivity contribution >= 4 is 33.7 Å². The highest BCUT2D eigenvalue weighted by Gasteiger charge is 2.39. The lowest BCUT2D eigenvalue weighted by Gasteiger charge is -2.44. The van der Waals surface area contributed by atoms with Gasteiger partial charge in [0.05, 0.1) is 7.11 Å². The van der Waals surface area contributed by atoms with Crippen molar-refractivity contribution < 1.29 is 19.1 Å². The molecule has 2 aromatic carbocycles. The van der Waals surface area contributed by atoms with Crippen molar-refractivity contribution in [3.05, 3.63) is 64.1 Å². The van der Waals surface area contributed by atoms with Crippen LogP contribution in [0.3, 0.4) is 0 Å². The number of methoxy groups -OCH3 is 1. The third kappa shape index (κ3) is 5.75. The van der Waals surface area contributed by atoms with Crippen LogP contribution in [0.15, 0.2) is 53.0 Å². The van der Waals surface area contributed by atoms with Crippen LogP contribution < -0.4 is 4.74 Å². The highest BCUT2D eigenvalue weighted by atomic mass is 79.9. The molecule has 0 aromatic heterocycles. The van der Waals surface area contributed by atoms with E-state index < -0.39 is 0 Å². The zero-order chi connectivity index (χ0) is 25.8. The highest BCUT2D eigenvalue weighted by Crippen LogP contribution is 2.34. The van der Waals surface area contributed by atoms with Crippen molar-refractivity contribution in [2.75, 3.05) is 40.3 Å². The molecule has 0 unspecified atom stereocenters. The molecule has 0 N–H and O–H groups in total. The smallest absolute Gasteiger partial charge is 0.253 e. The first-order valence-corrected chi connectivity index (χ1v) is 13.3. The van der Waals surface area contributed by atoms with E-state index in [1.54, 1.807) is 38.3 Å². The molecule has 2 aliphatic heterocycles. The molecule has 2 fully saturated rings. The second kappa shape index (κ2) is 11.5. The zero-order valence-electron chi connectivity index (χ0n) is 21.2. The summed E-state index contributed by atoms with van der Waals surface area (Å²) in [6.45, 7) is 4.04. The minimum atomic E-state index is -0.0543. The largest absolute Gasteiger partial charge is 0.497 e. The minimum absolute atomic E-state index is 0.000284. The van der Waals surface area contributed by atoms with Crippen LogP contribution in [0.25, 0.3) is 0 Å². The fraction of sp³-hybridized carbons (Fsp3) is 0.464. The van der Waals surface area contributed by atoms with Crippen LogP contribution in [0, 0.1) is 5.92 Å². The molecule has 0 radical (unpaired) electrons. The van der Waals surface area contributed by atoms with Crippen molar-refractivity contribution in [1.82, 2.24) is 14.7 Å². The van der Waals surface area contributed by atoms with Crippen molar-refractivity contribution in [2.24, 2.45) is 5.92 Å². The molecule has 3 amide bonds. The Morgan fingerprint density at radius 3 is 2.11 bits per heavy atom. The van der Waals surface area contributed by atoms with Gasteiger partial charge in [0.2, 0.25) is 11.8 Å². The van der Waals surface area contributed by atoms with E-state index in [1.807, 2.05) is 33.9 Å². The molecule has 4 rings (SSSR count). The molecule has 0 bridgehead atoms. The van der Waals surface area contributed by atoms with Gasteiger partial charge in [-0.05, 0) is 61.2 Å². The number of carbonyl (C=O) groups is 3. The molecule has 0 aliphatic carbocycles. The van der Waals surface area contributed by atoms with E-state index in [4.69, 9.17) is 4.74 Å². The Bertz CT molecular complexity index is 1080. The minimum Gasteiger partial charge on any atom is -0.497 e. The number of hydrogen-bond acceptors (Lipinski definition) is 4.